The lowest BCUT2D eigenvalue weighted by molar-refractivity contribution is -0.131. The molecule has 4 rings (SSSR count). The number of nitrogens with zero attached hydrogens (tertiary/aromatic N) is 5. The molecule has 0 unspecified atom stereocenters. The van der Waals surface area contributed by atoms with Gasteiger partial charge in [0.1, 0.15) is 6.54 Å². The maximum atomic E-state index is 13.2. The SMILES string of the molecule is C=CCN(CC(=O)N1CCCN(c2ccc(-c3ccc(OC)c(OC)c3)nn2)CC1)C(=O)c1ccc(Cl)cc1. The van der Waals surface area contributed by atoms with Crippen molar-refractivity contribution in [2.24, 2.45) is 0 Å². The van der Waals surface area contributed by atoms with Gasteiger partial charge in [-0.3, -0.25) is 9.59 Å². The number of anilines is 1. The summed E-state index contributed by atoms with van der Waals surface area (Å²) in [5.74, 6) is 1.69. The molecule has 1 saturated heterocycles. The average Bonchev–Trinajstić information content (AvgIpc) is 3.23. The van der Waals surface area contributed by atoms with Gasteiger partial charge in [-0.05, 0) is 61.0 Å². The fourth-order valence-corrected chi connectivity index (χ4v) is 4.58. The van der Waals surface area contributed by atoms with Crippen molar-refractivity contribution in [3.8, 4) is 22.8 Å². The molecule has 1 fully saturated rings. The van der Waals surface area contributed by atoms with Crippen molar-refractivity contribution < 1.29 is 19.1 Å². The largest absolute Gasteiger partial charge is 0.493 e. The molecule has 0 saturated carbocycles. The van der Waals surface area contributed by atoms with Gasteiger partial charge in [0.2, 0.25) is 5.91 Å². The van der Waals surface area contributed by atoms with E-state index in [0.717, 1.165) is 30.0 Å². The number of hydrogen-bond acceptors (Lipinski definition) is 7. The molecular weight excluding hydrogens is 518 g/mol. The summed E-state index contributed by atoms with van der Waals surface area (Å²) in [5.41, 5.74) is 2.07. The Labute approximate surface area is 233 Å². The molecule has 2 amide bonds. The molecule has 0 atom stereocenters. The Balaban J connectivity index is 1.38. The molecule has 3 aromatic rings. The quantitative estimate of drug-likeness (QED) is 0.370. The van der Waals surface area contributed by atoms with Crippen LogP contribution >= 0.6 is 11.6 Å². The van der Waals surface area contributed by atoms with Crippen LogP contribution in [0.4, 0.5) is 5.82 Å². The maximum Gasteiger partial charge on any atom is 0.254 e. The van der Waals surface area contributed by atoms with Crippen LogP contribution in [-0.4, -0.2) is 85.3 Å². The van der Waals surface area contributed by atoms with Crippen molar-refractivity contribution >= 4 is 29.2 Å². The summed E-state index contributed by atoms with van der Waals surface area (Å²) in [6, 6.07) is 16.1. The van der Waals surface area contributed by atoms with Crippen LogP contribution in [0, 0.1) is 0 Å². The molecule has 1 aliphatic heterocycles. The zero-order chi connectivity index (χ0) is 27.8. The van der Waals surface area contributed by atoms with Gasteiger partial charge in [-0.15, -0.1) is 16.8 Å². The number of methoxy groups -OCH3 is 2. The molecule has 9 nitrogen and oxygen atoms in total. The Hall–Kier alpha value is -4.11. The van der Waals surface area contributed by atoms with Crippen molar-refractivity contribution in [1.82, 2.24) is 20.0 Å². The monoisotopic (exact) mass is 549 g/mol. The topological polar surface area (TPSA) is 88.1 Å². The summed E-state index contributed by atoms with van der Waals surface area (Å²) in [6.07, 6.45) is 2.40. The second-order valence-electron chi connectivity index (χ2n) is 9.05. The minimum Gasteiger partial charge on any atom is -0.493 e. The summed E-state index contributed by atoms with van der Waals surface area (Å²) in [6.45, 7) is 6.47. The molecule has 10 heteroatoms. The van der Waals surface area contributed by atoms with Crippen molar-refractivity contribution in [2.75, 3.05) is 58.4 Å². The zero-order valence-electron chi connectivity index (χ0n) is 22.2. The van der Waals surface area contributed by atoms with Crippen LogP contribution < -0.4 is 14.4 Å². The number of benzene rings is 2. The number of halogens is 1. The molecule has 0 aliphatic carbocycles. The fourth-order valence-electron chi connectivity index (χ4n) is 4.45. The first-order chi connectivity index (χ1) is 18.9. The highest BCUT2D eigenvalue weighted by Crippen LogP contribution is 2.31. The summed E-state index contributed by atoms with van der Waals surface area (Å²) in [4.78, 5) is 31.6. The van der Waals surface area contributed by atoms with Gasteiger partial charge in [0, 0.05) is 48.9 Å². The van der Waals surface area contributed by atoms with Crippen LogP contribution in [0.1, 0.15) is 16.8 Å². The number of ether oxygens (including phenoxy) is 2. The summed E-state index contributed by atoms with van der Waals surface area (Å²) in [5, 5.41) is 9.42. The van der Waals surface area contributed by atoms with E-state index < -0.39 is 0 Å². The molecule has 0 radical (unpaired) electrons. The Morgan fingerprint density at radius 3 is 2.41 bits per heavy atom. The Bertz CT molecular complexity index is 1300. The number of hydrogen-bond donors (Lipinski definition) is 0. The van der Waals surface area contributed by atoms with Crippen LogP contribution in [0.25, 0.3) is 11.3 Å². The smallest absolute Gasteiger partial charge is 0.254 e. The van der Waals surface area contributed by atoms with Gasteiger partial charge in [0.25, 0.3) is 5.91 Å². The van der Waals surface area contributed by atoms with Crippen LogP contribution in [0.5, 0.6) is 11.5 Å². The summed E-state index contributed by atoms with van der Waals surface area (Å²) >= 11 is 5.95. The first-order valence-corrected chi connectivity index (χ1v) is 13.1. The average molecular weight is 550 g/mol. The number of rotatable bonds is 9. The lowest BCUT2D eigenvalue weighted by Crippen LogP contribution is -2.44. The standard InChI is InChI=1S/C29H32ClN5O4/c1-4-14-35(29(37)21-6-9-23(30)10-7-21)20-28(36)34-16-5-15-33(17-18-34)27-13-11-24(31-32-27)22-8-12-25(38-2)26(19-22)39-3/h4,6-13,19H,1,5,14-18,20H2,2-3H3. The Kier molecular flexibility index (Phi) is 9.38. The maximum absolute atomic E-state index is 13.2. The highest BCUT2D eigenvalue weighted by Gasteiger charge is 2.24. The second kappa shape index (κ2) is 13.1. The van der Waals surface area contributed by atoms with E-state index in [0.29, 0.717) is 41.7 Å². The van der Waals surface area contributed by atoms with Gasteiger partial charge >= 0.3 is 0 Å². The third-order valence-corrected chi connectivity index (χ3v) is 6.81. The normalized spacial score (nSPS) is 13.4. The van der Waals surface area contributed by atoms with Gasteiger partial charge in [0.15, 0.2) is 17.3 Å². The van der Waals surface area contributed by atoms with Crippen molar-refractivity contribution in [3.63, 3.8) is 0 Å². The van der Waals surface area contributed by atoms with Gasteiger partial charge in [0.05, 0.1) is 19.9 Å². The van der Waals surface area contributed by atoms with E-state index in [9.17, 15) is 9.59 Å². The summed E-state index contributed by atoms with van der Waals surface area (Å²) < 4.78 is 10.7. The molecule has 1 aromatic heterocycles. The number of carbonyl (C=O) groups is 2. The van der Waals surface area contributed by atoms with E-state index in [2.05, 4.69) is 21.7 Å². The van der Waals surface area contributed by atoms with Crippen LogP contribution in [0.2, 0.25) is 5.02 Å². The van der Waals surface area contributed by atoms with Crippen molar-refractivity contribution in [3.05, 3.63) is 77.8 Å². The van der Waals surface area contributed by atoms with Crippen molar-refractivity contribution in [1.29, 1.82) is 0 Å². The molecule has 1 aliphatic rings. The van der Waals surface area contributed by atoms with Crippen LogP contribution in [-0.2, 0) is 4.79 Å². The van der Waals surface area contributed by atoms with E-state index in [1.165, 1.54) is 4.90 Å². The molecule has 0 bridgehead atoms. The predicted octanol–water partition coefficient (Wildman–Crippen LogP) is 4.18. The lowest BCUT2D eigenvalue weighted by atomic mass is 10.1. The van der Waals surface area contributed by atoms with Crippen LogP contribution in [0.15, 0.2) is 67.3 Å². The minimum atomic E-state index is -0.235. The molecule has 0 spiro atoms. The van der Waals surface area contributed by atoms with E-state index >= 15 is 0 Å². The predicted molar refractivity (Wildman–Crippen MR) is 152 cm³/mol. The van der Waals surface area contributed by atoms with Gasteiger partial charge in [-0.2, -0.15) is 0 Å². The van der Waals surface area contributed by atoms with E-state index in [-0.39, 0.29) is 24.9 Å². The fraction of sp³-hybridized carbons (Fsp3) is 0.310. The van der Waals surface area contributed by atoms with Gasteiger partial charge in [-0.25, -0.2) is 0 Å². The minimum absolute atomic E-state index is 0.0205. The number of amides is 2. The second-order valence-corrected chi connectivity index (χ2v) is 9.49. The zero-order valence-corrected chi connectivity index (χ0v) is 22.9. The molecule has 39 heavy (non-hydrogen) atoms. The molecule has 0 N–H and O–H groups in total. The van der Waals surface area contributed by atoms with Gasteiger partial charge < -0.3 is 24.2 Å². The summed E-state index contributed by atoms with van der Waals surface area (Å²) in [7, 11) is 3.19. The van der Waals surface area contributed by atoms with Crippen LogP contribution in [0.3, 0.4) is 0 Å². The number of aromatic nitrogens is 2. The molecule has 204 valence electrons. The van der Waals surface area contributed by atoms with E-state index in [4.69, 9.17) is 21.1 Å². The first kappa shape index (κ1) is 27.9. The van der Waals surface area contributed by atoms with Gasteiger partial charge in [-0.1, -0.05) is 17.7 Å². The Morgan fingerprint density at radius 2 is 1.74 bits per heavy atom. The first-order valence-electron chi connectivity index (χ1n) is 12.7. The highest BCUT2D eigenvalue weighted by atomic mass is 35.5. The third-order valence-electron chi connectivity index (χ3n) is 6.56. The highest BCUT2D eigenvalue weighted by molar-refractivity contribution is 6.30. The van der Waals surface area contributed by atoms with E-state index in [1.54, 1.807) is 49.5 Å². The molecule has 2 aromatic carbocycles. The molecule has 2 heterocycles. The Morgan fingerprint density at radius 1 is 0.974 bits per heavy atom. The van der Waals surface area contributed by atoms with Crippen molar-refractivity contribution in [2.45, 2.75) is 6.42 Å². The van der Waals surface area contributed by atoms with E-state index in [1.807, 2.05) is 30.3 Å². The third kappa shape index (κ3) is 6.86. The lowest BCUT2D eigenvalue weighted by Gasteiger charge is -2.26. The number of carbonyl (C=O) groups excluding carboxylic acids is 2. The molecular formula is C29H32ClN5O4.